The molecule has 132 valence electrons. The summed E-state index contributed by atoms with van der Waals surface area (Å²) in [4.78, 5) is 16.0. The van der Waals surface area contributed by atoms with E-state index < -0.39 is 5.97 Å². The van der Waals surface area contributed by atoms with Gasteiger partial charge in [0.2, 0.25) is 0 Å². The largest absolute Gasteiger partial charge is 0.544 e. The van der Waals surface area contributed by atoms with Crippen molar-refractivity contribution >= 4 is 29.5 Å². The fraction of sp³-hybridized carbons (Fsp3) is 0.100. The fourth-order valence-corrected chi connectivity index (χ4v) is 3.29. The molecule has 0 aliphatic heterocycles. The minimum Gasteiger partial charge on any atom is -0.544 e. The van der Waals surface area contributed by atoms with E-state index in [1.807, 2.05) is 54.6 Å². The molecule has 6 heteroatoms. The number of carboxylic acid groups (broad SMARTS) is 1. The van der Waals surface area contributed by atoms with Crippen molar-refractivity contribution in [1.82, 2.24) is 4.98 Å². The summed E-state index contributed by atoms with van der Waals surface area (Å²) in [6.45, 7) is 0. The first kappa shape index (κ1) is 17.7. The lowest BCUT2D eigenvalue weighted by Gasteiger charge is -2.07. The van der Waals surface area contributed by atoms with Gasteiger partial charge in [0.25, 0.3) is 0 Å². The number of carbonyl (C=O) groups excluding carboxylic acids is 1. The minimum atomic E-state index is -1.23. The molecule has 26 heavy (non-hydrogen) atoms. The van der Waals surface area contributed by atoms with E-state index in [0.29, 0.717) is 22.2 Å². The topological polar surface area (TPSA) is 71.5 Å². The van der Waals surface area contributed by atoms with Crippen LogP contribution in [0, 0.1) is 0 Å². The maximum Gasteiger partial charge on any atom is 0.161 e. The van der Waals surface area contributed by atoms with Crippen molar-refractivity contribution in [1.29, 1.82) is 0 Å². The van der Waals surface area contributed by atoms with Gasteiger partial charge in [-0.2, -0.15) is 0 Å². The van der Waals surface area contributed by atoms with E-state index in [2.05, 4.69) is 4.98 Å². The normalized spacial score (nSPS) is 10.8. The second-order valence-electron chi connectivity index (χ2n) is 5.33. The van der Waals surface area contributed by atoms with E-state index in [4.69, 9.17) is 9.47 Å². The Morgan fingerprint density at radius 2 is 1.77 bits per heavy atom. The van der Waals surface area contributed by atoms with Crippen LogP contribution in [-0.4, -0.2) is 25.2 Å². The average molecular weight is 366 g/mol. The summed E-state index contributed by atoms with van der Waals surface area (Å²) < 4.78 is 10.5. The lowest BCUT2D eigenvalue weighted by Crippen LogP contribution is -2.21. The van der Waals surface area contributed by atoms with Crippen molar-refractivity contribution in [2.24, 2.45) is 0 Å². The lowest BCUT2D eigenvalue weighted by atomic mass is 10.1. The third-order valence-corrected chi connectivity index (χ3v) is 4.70. The second-order valence-corrected chi connectivity index (χ2v) is 6.36. The van der Waals surface area contributed by atoms with E-state index in [0.717, 1.165) is 22.5 Å². The van der Waals surface area contributed by atoms with E-state index in [1.54, 1.807) is 20.3 Å². The number of hydrogen-bond acceptors (Lipinski definition) is 6. The molecular weight excluding hydrogens is 350 g/mol. The molecule has 0 amide bonds. The van der Waals surface area contributed by atoms with Crippen LogP contribution in [0.5, 0.6) is 11.5 Å². The molecule has 0 bridgehead atoms. The van der Waals surface area contributed by atoms with Crippen LogP contribution >= 0.6 is 11.3 Å². The monoisotopic (exact) mass is 366 g/mol. The Balaban J connectivity index is 1.93. The Bertz CT molecular complexity index is 948. The molecule has 0 radical (unpaired) electrons. The first-order valence-corrected chi connectivity index (χ1v) is 8.61. The van der Waals surface area contributed by atoms with Gasteiger partial charge in [-0.25, -0.2) is 4.98 Å². The number of methoxy groups -OCH3 is 2. The zero-order valence-electron chi connectivity index (χ0n) is 14.3. The third-order valence-electron chi connectivity index (χ3n) is 3.70. The second kappa shape index (κ2) is 7.84. The highest BCUT2D eigenvalue weighted by molar-refractivity contribution is 7.14. The average Bonchev–Trinajstić information content (AvgIpc) is 3.11. The van der Waals surface area contributed by atoms with Gasteiger partial charge >= 0.3 is 0 Å². The number of aromatic carboxylic acids is 1. The summed E-state index contributed by atoms with van der Waals surface area (Å²) in [5.74, 6) is 0.0332. The molecular formula is C20H16NO4S-. The van der Waals surface area contributed by atoms with Gasteiger partial charge < -0.3 is 19.4 Å². The first-order valence-electron chi connectivity index (χ1n) is 7.80. The van der Waals surface area contributed by atoms with Gasteiger partial charge in [0.15, 0.2) is 11.5 Å². The number of hydrogen-bond donors (Lipinski definition) is 0. The molecule has 0 saturated carbocycles. The number of rotatable bonds is 6. The minimum absolute atomic E-state index is 0.114. The molecule has 1 aromatic heterocycles. The molecule has 2 aromatic carbocycles. The first-order chi connectivity index (χ1) is 12.6. The van der Waals surface area contributed by atoms with E-state index in [1.165, 1.54) is 0 Å². The molecule has 0 aliphatic rings. The van der Waals surface area contributed by atoms with Crippen molar-refractivity contribution in [2.45, 2.75) is 0 Å². The maximum absolute atomic E-state index is 11.4. The number of thiazole rings is 1. The Morgan fingerprint density at radius 1 is 1.04 bits per heavy atom. The highest BCUT2D eigenvalue weighted by Gasteiger charge is 2.12. The highest BCUT2D eigenvalue weighted by Crippen LogP contribution is 2.30. The zero-order valence-corrected chi connectivity index (χ0v) is 15.1. The fourth-order valence-electron chi connectivity index (χ4n) is 2.46. The summed E-state index contributed by atoms with van der Waals surface area (Å²) in [6.07, 6.45) is 3.61. The van der Waals surface area contributed by atoms with Crippen molar-refractivity contribution in [3.8, 4) is 22.8 Å². The Kier molecular flexibility index (Phi) is 5.34. The van der Waals surface area contributed by atoms with Crippen LogP contribution < -0.4 is 14.6 Å². The van der Waals surface area contributed by atoms with Gasteiger partial charge in [0.05, 0.1) is 30.8 Å². The number of aromatic nitrogens is 1. The number of ether oxygens (including phenoxy) is 2. The highest BCUT2D eigenvalue weighted by atomic mass is 32.1. The lowest BCUT2D eigenvalue weighted by molar-refractivity contribution is -0.254. The summed E-state index contributed by atoms with van der Waals surface area (Å²) in [6, 6.07) is 14.7. The van der Waals surface area contributed by atoms with Crippen LogP contribution in [-0.2, 0) is 0 Å². The van der Waals surface area contributed by atoms with Crippen LogP contribution in [0.1, 0.15) is 20.2 Å². The van der Waals surface area contributed by atoms with Gasteiger partial charge in [-0.05, 0) is 23.8 Å². The quantitative estimate of drug-likeness (QED) is 0.669. The van der Waals surface area contributed by atoms with Crippen LogP contribution in [0.2, 0.25) is 0 Å². The molecule has 3 aromatic rings. The van der Waals surface area contributed by atoms with Crippen LogP contribution in [0.25, 0.3) is 23.4 Å². The van der Waals surface area contributed by atoms with Crippen molar-refractivity contribution < 1.29 is 19.4 Å². The van der Waals surface area contributed by atoms with Crippen LogP contribution in [0.3, 0.4) is 0 Å². The number of nitrogens with zero attached hydrogens (tertiary/aromatic N) is 1. The molecule has 0 spiro atoms. The smallest absolute Gasteiger partial charge is 0.161 e. The number of benzene rings is 2. The summed E-state index contributed by atoms with van der Waals surface area (Å²) in [5, 5.41) is 12.0. The Hall–Kier alpha value is -3.12. The van der Waals surface area contributed by atoms with E-state index in [9.17, 15) is 9.90 Å². The van der Waals surface area contributed by atoms with Gasteiger partial charge in [-0.15, -0.1) is 11.3 Å². The van der Waals surface area contributed by atoms with E-state index >= 15 is 0 Å². The summed E-state index contributed by atoms with van der Waals surface area (Å²) >= 11 is 1.08. The Labute approximate surface area is 155 Å². The molecule has 3 rings (SSSR count). The van der Waals surface area contributed by atoms with Crippen molar-refractivity contribution in [2.75, 3.05) is 14.2 Å². The third kappa shape index (κ3) is 3.75. The molecule has 1 heterocycles. The predicted octanol–water partition coefficient (Wildman–Crippen LogP) is 3.36. The van der Waals surface area contributed by atoms with Crippen LogP contribution in [0.15, 0.2) is 48.5 Å². The number of carboxylic acids is 1. The van der Waals surface area contributed by atoms with Crippen molar-refractivity contribution in [3.05, 3.63) is 64.0 Å². The van der Waals surface area contributed by atoms with Gasteiger partial charge in [0.1, 0.15) is 5.01 Å². The summed E-state index contributed by atoms with van der Waals surface area (Å²) in [7, 11) is 3.15. The van der Waals surface area contributed by atoms with Crippen LogP contribution in [0.4, 0.5) is 0 Å². The predicted molar refractivity (Wildman–Crippen MR) is 100 cm³/mol. The molecule has 0 atom stereocenters. The van der Waals surface area contributed by atoms with Gasteiger partial charge in [-0.3, -0.25) is 0 Å². The molecule has 5 nitrogen and oxygen atoms in total. The molecule has 0 fully saturated rings. The SMILES string of the molecule is COc1ccc(/C=C/c2nc(-c3ccccc3)c(C(=O)[O-])s2)cc1OC. The number of carbonyl (C=O) groups is 1. The van der Waals surface area contributed by atoms with E-state index in [-0.39, 0.29) is 4.88 Å². The molecule has 0 unspecified atom stereocenters. The Morgan fingerprint density at radius 3 is 2.42 bits per heavy atom. The maximum atomic E-state index is 11.4. The van der Waals surface area contributed by atoms with Gasteiger partial charge in [-0.1, -0.05) is 42.5 Å². The molecule has 0 aliphatic carbocycles. The van der Waals surface area contributed by atoms with Gasteiger partial charge in [0, 0.05) is 5.56 Å². The van der Waals surface area contributed by atoms with Crippen molar-refractivity contribution in [3.63, 3.8) is 0 Å². The zero-order chi connectivity index (χ0) is 18.5. The summed E-state index contributed by atoms with van der Waals surface area (Å²) in [5.41, 5.74) is 2.05. The molecule has 0 N–H and O–H groups in total. The standard InChI is InChI=1S/C20H17NO4S/c1-24-15-10-8-13(12-16(15)25-2)9-11-17-21-18(19(26-17)20(22)23)14-6-4-3-5-7-14/h3-12H,1-2H3,(H,22,23)/p-1/b11-9+. The molecule has 0 saturated heterocycles.